The monoisotopic (exact) mass is 398 g/mol. The van der Waals surface area contributed by atoms with Crippen molar-refractivity contribution < 1.29 is 14.4 Å². The van der Waals surface area contributed by atoms with E-state index in [0.717, 1.165) is 50.8 Å². The number of piperidine rings is 1. The first-order valence-electron chi connectivity index (χ1n) is 10.8. The van der Waals surface area contributed by atoms with Crippen LogP contribution in [0.25, 0.3) is 0 Å². The molecule has 0 bridgehead atoms. The molecule has 7 nitrogen and oxygen atoms in total. The summed E-state index contributed by atoms with van der Waals surface area (Å²) in [5.41, 5.74) is 0.987. The Labute approximate surface area is 171 Å². The topological polar surface area (TPSA) is 82.6 Å². The van der Waals surface area contributed by atoms with E-state index in [-0.39, 0.29) is 23.6 Å². The van der Waals surface area contributed by atoms with E-state index in [4.69, 9.17) is 0 Å². The van der Waals surface area contributed by atoms with E-state index >= 15 is 0 Å². The van der Waals surface area contributed by atoms with Crippen molar-refractivity contribution in [3.05, 3.63) is 30.1 Å². The van der Waals surface area contributed by atoms with Crippen molar-refractivity contribution in [1.29, 1.82) is 0 Å². The van der Waals surface area contributed by atoms with Crippen molar-refractivity contribution in [2.75, 3.05) is 19.6 Å². The Morgan fingerprint density at radius 3 is 2.66 bits per heavy atom. The van der Waals surface area contributed by atoms with Crippen molar-refractivity contribution in [3.8, 4) is 0 Å². The minimum absolute atomic E-state index is 0.0452. The summed E-state index contributed by atoms with van der Waals surface area (Å²) in [4.78, 5) is 44.9. The number of hydrogen-bond donors (Lipinski definition) is 1. The molecule has 1 saturated carbocycles. The van der Waals surface area contributed by atoms with Gasteiger partial charge >= 0.3 is 0 Å². The second kappa shape index (κ2) is 8.93. The quantitative estimate of drug-likeness (QED) is 0.758. The Hall–Kier alpha value is -2.44. The van der Waals surface area contributed by atoms with E-state index < -0.39 is 0 Å². The summed E-state index contributed by atoms with van der Waals surface area (Å²) < 4.78 is 0. The molecule has 0 aromatic carbocycles. The molecule has 1 aromatic rings. The number of nitrogens with one attached hydrogen (secondary N) is 1. The zero-order valence-electron chi connectivity index (χ0n) is 16.9. The Morgan fingerprint density at radius 1 is 1.17 bits per heavy atom. The van der Waals surface area contributed by atoms with E-state index in [1.54, 1.807) is 17.3 Å². The number of likely N-dealkylation sites (tertiary alicyclic amines) is 2. The average molecular weight is 399 g/mol. The number of aromatic nitrogens is 1. The van der Waals surface area contributed by atoms with Crippen LogP contribution < -0.4 is 5.32 Å². The first-order valence-corrected chi connectivity index (χ1v) is 10.8. The lowest BCUT2D eigenvalue weighted by Gasteiger charge is -2.33. The maximum Gasteiger partial charge on any atom is 0.227 e. The number of nitrogens with zero attached hydrogens (tertiary/aromatic N) is 3. The summed E-state index contributed by atoms with van der Waals surface area (Å²) >= 11 is 0. The molecule has 2 saturated heterocycles. The lowest BCUT2D eigenvalue weighted by molar-refractivity contribution is -0.137. The molecule has 1 atom stereocenters. The molecule has 3 heterocycles. The summed E-state index contributed by atoms with van der Waals surface area (Å²) in [6, 6.07) is 4.23. The summed E-state index contributed by atoms with van der Waals surface area (Å²) in [5, 5.41) is 3.04. The fourth-order valence-corrected chi connectivity index (χ4v) is 4.37. The maximum atomic E-state index is 12.9. The number of rotatable bonds is 7. The summed E-state index contributed by atoms with van der Waals surface area (Å²) in [5.74, 6) is 0.598. The Bertz CT molecular complexity index is 742. The number of hydrogen-bond acceptors (Lipinski definition) is 4. The van der Waals surface area contributed by atoms with Gasteiger partial charge in [-0.05, 0) is 49.7 Å². The van der Waals surface area contributed by atoms with Gasteiger partial charge in [-0.15, -0.1) is 0 Å². The number of carbonyl (C=O) groups excluding carboxylic acids is 3. The lowest BCUT2D eigenvalue weighted by atomic mass is 9.91. The van der Waals surface area contributed by atoms with Crippen LogP contribution in [0.3, 0.4) is 0 Å². The molecule has 1 aromatic heterocycles. The summed E-state index contributed by atoms with van der Waals surface area (Å²) in [6.45, 7) is 2.48. The zero-order chi connectivity index (χ0) is 20.2. The van der Waals surface area contributed by atoms with Gasteiger partial charge in [-0.25, -0.2) is 0 Å². The molecule has 2 aliphatic heterocycles. The van der Waals surface area contributed by atoms with E-state index in [2.05, 4.69) is 10.3 Å². The largest absolute Gasteiger partial charge is 0.353 e. The fraction of sp³-hybridized carbons (Fsp3) is 0.636. The predicted octanol–water partition coefficient (Wildman–Crippen LogP) is 1.73. The molecule has 1 aliphatic carbocycles. The second-order valence-electron chi connectivity index (χ2n) is 8.69. The van der Waals surface area contributed by atoms with Crippen molar-refractivity contribution in [1.82, 2.24) is 20.1 Å². The molecule has 0 unspecified atom stereocenters. The third-order valence-corrected chi connectivity index (χ3v) is 6.31. The Balaban J connectivity index is 1.20. The van der Waals surface area contributed by atoms with Gasteiger partial charge < -0.3 is 15.1 Å². The zero-order valence-corrected chi connectivity index (χ0v) is 16.9. The van der Waals surface area contributed by atoms with Gasteiger partial charge in [-0.1, -0.05) is 6.07 Å². The highest BCUT2D eigenvalue weighted by Gasteiger charge is 2.37. The minimum Gasteiger partial charge on any atom is -0.353 e. The fourth-order valence-electron chi connectivity index (χ4n) is 4.37. The van der Waals surface area contributed by atoms with Gasteiger partial charge in [-0.3, -0.25) is 19.4 Å². The molecule has 7 heteroatoms. The molecule has 29 heavy (non-hydrogen) atoms. The third kappa shape index (κ3) is 5.34. The molecule has 3 fully saturated rings. The van der Waals surface area contributed by atoms with Gasteiger partial charge in [0.1, 0.15) is 0 Å². The van der Waals surface area contributed by atoms with Crippen LogP contribution in [-0.2, 0) is 20.9 Å². The molecule has 156 valence electrons. The van der Waals surface area contributed by atoms with E-state index in [0.29, 0.717) is 37.9 Å². The van der Waals surface area contributed by atoms with Crippen LogP contribution in [0.2, 0.25) is 0 Å². The van der Waals surface area contributed by atoms with E-state index in [9.17, 15) is 14.4 Å². The van der Waals surface area contributed by atoms with Crippen molar-refractivity contribution in [2.24, 2.45) is 11.8 Å². The van der Waals surface area contributed by atoms with Crippen LogP contribution in [0.15, 0.2) is 24.5 Å². The van der Waals surface area contributed by atoms with Crippen LogP contribution >= 0.6 is 0 Å². The lowest BCUT2D eigenvalue weighted by Crippen LogP contribution is -2.42. The van der Waals surface area contributed by atoms with Crippen molar-refractivity contribution >= 4 is 17.7 Å². The van der Waals surface area contributed by atoms with E-state index in [1.807, 2.05) is 17.0 Å². The first-order chi connectivity index (χ1) is 14.1. The molecular weight excluding hydrogens is 368 g/mol. The summed E-state index contributed by atoms with van der Waals surface area (Å²) in [7, 11) is 0. The van der Waals surface area contributed by atoms with Crippen LogP contribution in [0, 0.1) is 11.8 Å². The van der Waals surface area contributed by atoms with Gasteiger partial charge in [0.05, 0.1) is 5.92 Å². The average Bonchev–Trinajstić information content (AvgIpc) is 3.48. The van der Waals surface area contributed by atoms with Gasteiger partial charge in [0, 0.05) is 57.5 Å². The molecule has 1 N–H and O–H groups in total. The molecule has 3 amide bonds. The molecular formula is C22H30N4O3. The maximum absolute atomic E-state index is 12.9. The minimum atomic E-state index is -0.236. The normalized spacial score (nSPS) is 22.8. The molecule has 3 aliphatic rings. The molecule has 0 spiro atoms. The van der Waals surface area contributed by atoms with E-state index in [1.165, 1.54) is 0 Å². The Kier molecular flexibility index (Phi) is 6.11. The van der Waals surface area contributed by atoms with Crippen LogP contribution in [0.5, 0.6) is 0 Å². The third-order valence-electron chi connectivity index (χ3n) is 6.31. The van der Waals surface area contributed by atoms with Crippen molar-refractivity contribution in [2.45, 2.75) is 57.5 Å². The van der Waals surface area contributed by atoms with Gasteiger partial charge in [-0.2, -0.15) is 0 Å². The Morgan fingerprint density at radius 2 is 1.97 bits per heavy atom. The van der Waals surface area contributed by atoms with Crippen LogP contribution in [-0.4, -0.2) is 58.2 Å². The number of carbonyl (C=O) groups is 3. The first kappa shape index (κ1) is 19.9. The second-order valence-corrected chi connectivity index (χ2v) is 8.69. The SMILES string of the molecule is O=C(CCC1CCN(C(=O)[C@H]2CC(=O)N(Cc3cccnc3)C2)CC1)NC1CC1. The van der Waals surface area contributed by atoms with Gasteiger partial charge in [0.15, 0.2) is 0 Å². The highest BCUT2D eigenvalue weighted by Crippen LogP contribution is 2.27. The molecule has 0 radical (unpaired) electrons. The standard InChI is InChI=1S/C22H30N4O3/c27-20(24-19-4-5-19)6-3-16-7-10-25(11-8-16)22(29)18-12-21(28)26(15-18)14-17-2-1-9-23-13-17/h1-2,9,13,16,18-19H,3-8,10-12,14-15H2,(H,24,27)/t18-/m0/s1. The highest BCUT2D eigenvalue weighted by molar-refractivity contribution is 5.89. The van der Waals surface area contributed by atoms with Crippen LogP contribution in [0.1, 0.15) is 50.5 Å². The van der Waals surface area contributed by atoms with Gasteiger partial charge in [0.25, 0.3) is 0 Å². The smallest absolute Gasteiger partial charge is 0.227 e. The number of pyridine rings is 1. The highest BCUT2D eigenvalue weighted by atomic mass is 16.2. The number of amides is 3. The molecule has 4 rings (SSSR count). The van der Waals surface area contributed by atoms with Crippen LogP contribution in [0.4, 0.5) is 0 Å². The predicted molar refractivity (Wildman–Crippen MR) is 107 cm³/mol. The summed E-state index contributed by atoms with van der Waals surface area (Å²) in [6.07, 6.45) is 9.41. The van der Waals surface area contributed by atoms with Gasteiger partial charge in [0.2, 0.25) is 17.7 Å². The van der Waals surface area contributed by atoms with Crippen molar-refractivity contribution in [3.63, 3.8) is 0 Å².